The highest BCUT2D eigenvalue weighted by atomic mass is 16.1. The monoisotopic (exact) mass is 174 g/mol. The summed E-state index contributed by atoms with van der Waals surface area (Å²) in [4.78, 5) is 11.5. The second-order valence-corrected chi connectivity index (χ2v) is 2.93. The molecule has 0 radical (unpaired) electrons. The van der Waals surface area contributed by atoms with E-state index in [4.69, 9.17) is 0 Å². The molecule has 0 fully saturated rings. The van der Waals surface area contributed by atoms with Gasteiger partial charge < -0.3 is 0 Å². The zero-order valence-corrected chi connectivity index (χ0v) is 7.32. The van der Waals surface area contributed by atoms with E-state index in [0.29, 0.717) is 0 Å². The molecule has 2 aromatic rings. The minimum absolute atomic E-state index is 0.00574. The summed E-state index contributed by atoms with van der Waals surface area (Å²) >= 11 is 0. The van der Waals surface area contributed by atoms with Crippen molar-refractivity contribution in [1.82, 2.24) is 9.78 Å². The lowest BCUT2D eigenvalue weighted by atomic mass is 10.3. The van der Waals surface area contributed by atoms with Crippen molar-refractivity contribution >= 4 is 0 Å². The van der Waals surface area contributed by atoms with Crippen LogP contribution in [0.15, 0.2) is 41.3 Å². The van der Waals surface area contributed by atoms with Crippen molar-refractivity contribution in [3.05, 3.63) is 52.4 Å². The Labute approximate surface area is 75.6 Å². The number of benzene rings is 1. The van der Waals surface area contributed by atoms with E-state index in [1.54, 1.807) is 13.1 Å². The van der Waals surface area contributed by atoms with Crippen LogP contribution in [0.2, 0.25) is 0 Å². The van der Waals surface area contributed by atoms with Crippen molar-refractivity contribution in [3.63, 3.8) is 0 Å². The Bertz CT molecular complexity index is 453. The van der Waals surface area contributed by atoms with Crippen molar-refractivity contribution in [3.8, 4) is 5.69 Å². The van der Waals surface area contributed by atoms with Crippen LogP contribution < -0.4 is 5.56 Å². The standard InChI is InChI=1S/C10H10N2O/c1-8-7-11-12(10(8)13)9-5-3-2-4-6-9/h2-7,11H,1H3. The molecule has 0 saturated carbocycles. The predicted molar refractivity (Wildman–Crippen MR) is 51.1 cm³/mol. The number of aryl methyl sites for hydroxylation is 1. The molecule has 0 unspecified atom stereocenters. The number of nitrogens with one attached hydrogen (secondary N) is 1. The van der Waals surface area contributed by atoms with Crippen molar-refractivity contribution < 1.29 is 0 Å². The molecule has 3 nitrogen and oxygen atoms in total. The SMILES string of the molecule is Cc1c[nH]n(-c2ccccc2)c1=O. The number of rotatable bonds is 1. The highest BCUT2D eigenvalue weighted by Crippen LogP contribution is 2.01. The molecule has 3 heteroatoms. The Morgan fingerprint density at radius 3 is 2.46 bits per heavy atom. The summed E-state index contributed by atoms with van der Waals surface area (Å²) in [5.41, 5.74) is 1.59. The molecule has 0 spiro atoms. The minimum Gasteiger partial charge on any atom is -0.298 e. The molecule has 0 bridgehead atoms. The van der Waals surface area contributed by atoms with Gasteiger partial charge in [0.05, 0.1) is 5.69 Å². The van der Waals surface area contributed by atoms with Crippen LogP contribution in [0.1, 0.15) is 5.56 Å². The highest BCUT2D eigenvalue weighted by molar-refractivity contribution is 5.30. The van der Waals surface area contributed by atoms with E-state index in [2.05, 4.69) is 5.10 Å². The lowest BCUT2D eigenvalue weighted by Crippen LogP contribution is -2.15. The molecule has 1 N–H and O–H groups in total. The van der Waals surface area contributed by atoms with Crippen molar-refractivity contribution in [1.29, 1.82) is 0 Å². The van der Waals surface area contributed by atoms with Crippen molar-refractivity contribution in [2.45, 2.75) is 6.92 Å². The highest BCUT2D eigenvalue weighted by Gasteiger charge is 2.01. The van der Waals surface area contributed by atoms with Gasteiger partial charge in [-0.05, 0) is 19.1 Å². The first-order valence-electron chi connectivity index (χ1n) is 4.11. The van der Waals surface area contributed by atoms with E-state index < -0.39 is 0 Å². The molecule has 66 valence electrons. The zero-order valence-electron chi connectivity index (χ0n) is 7.32. The third-order valence-corrected chi connectivity index (χ3v) is 1.96. The van der Waals surface area contributed by atoms with E-state index >= 15 is 0 Å². The van der Waals surface area contributed by atoms with Gasteiger partial charge in [-0.3, -0.25) is 9.89 Å². The lowest BCUT2D eigenvalue weighted by molar-refractivity contribution is 0.848. The normalized spacial score (nSPS) is 10.2. The Morgan fingerprint density at radius 2 is 1.92 bits per heavy atom. The van der Waals surface area contributed by atoms with Crippen molar-refractivity contribution in [2.75, 3.05) is 0 Å². The van der Waals surface area contributed by atoms with Crippen LogP contribution in [0.4, 0.5) is 0 Å². The molecule has 0 amide bonds. The molecule has 0 saturated heterocycles. The number of aromatic amines is 1. The Morgan fingerprint density at radius 1 is 1.23 bits per heavy atom. The summed E-state index contributed by atoms with van der Waals surface area (Å²) in [5, 5.41) is 2.89. The molecule has 0 aliphatic heterocycles. The van der Waals surface area contributed by atoms with Gasteiger partial charge in [0, 0.05) is 11.8 Å². The molecular formula is C10H10N2O. The van der Waals surface area contributed by atoms with Gasteiger partial charge in [0.2, 0.25) is 0 Å². The van der Waals surface area contributed by atoms with Gasteiger partial charge in [-0.2, -0.15) is 0 Å². The van der Waals surface area contributed by atoms with Crippen LogP contribution in [-0.4, -0.2) is 9.78 Å². The lowest BCUT2D eigenvalue weighted by Gasteiger charge is -1.98. The maximum absolute atomic E-state index is 11.5. The number of para-hydroxylation sites is 1. The minimum atomic E-state index is 0.00574. The fourth-order valence-corrected chi connectivity index (χ4v) is 1.23. The fraction of sp³-hybridized carbons (Fsp3) is 0.100. The second kappa shape index (κ2) is 2.94. The van der Waals surface area contributed by atoms with Gasteiger partial charge in [0.25, 0.3) is 5.56 Å². The van der Waals surface area contributed by atoms with E-state index in [1.807, 2.05) is 30.3 Å². The largest absolute Gasteiger partial charge is 0.298 e. The first-order chi connectivity index (χ1) is 6.29. The quantitative estimate of drug-likeness (QED) is 0.698. The first-order valence-corrected chi connectivity index (χ1v) is 4.11. The first kappa shape index (κ1) is 7.86. The Kier molecular flexibility index (Phi) is 1.77. The maximum Gasteiger partial charge on any atom is 0.274 e. The summed E-state index contributed by atoms with van der Waals surface area (Å²) in [5.74, 6) is 0. The second-order valence-electron chi connectivity index (χ2n) is 2.93. The topological polar surface area (TPSA) is 37.8 Å². The molecular weight excluding hydrogens is 164 g/mol. The van der Waals surface area contributed by atoms with Gasteiger partial charge in [-0.25, -0.2) is 4.68 Å². The van der Waals surface area contributed by atoms with Gasteiger partial charge >= 0.3 is 0 Å². The van der Waals surface area contributed by atoms with Crippen LogP contribution in [0.3, 0.4) is 0 Å². The average molecular weight is 174 g/mol. The van der Waals surface area contributed by atoms with E-state index in [0.717, 1.165) is 11.3 Å². The van der Waals surface area contributed by atoms with Crippen LogP contribution in [-0.2, 0) is 0 Å². The molecule has 0 aliphatic carbocycles. The molecule has 13 heavy (non-hydrogen) atoms. The molecule has 0 atom stereocenters. The maximum atomic E-state index is 11.5. The van der Waals surface area contributed by atoms with Gasteiger partial charge in [-0.1, -0.05) is 18.2 Å². The summed E-state index contributed by atoms with van der Waals surface area (Å²) in [6.07, 6.45) is 1.70. The summed E-state index contributed by atoms with van der Waals surface area (Å²) in [7, 11) is 0. The molecule has 2 rings (SSSR count). The van der Waals surface area contributed by atoms with Crippen LogP contribution >= 0.6 is 0 Å². The van der Waals surface area contributed by atoms with Gasteiger partial charge in [0.1, 0.15) is 0 Å². The number of aromatic nitrogens is 2. The summed E-state index contributed by atoms with van der Waals surface area (Å²) < 4.78 is 1.52. The Hall–Kier alpha value is -1.77. The third kappa shape index (κ3) is 1.28. The number of H-pyrrole nitrogens is 1. The number of nitrogens with zero attached hydrogens (tertiary/aromatic N) is 1. The fourth-order valence-electron chi connectivity index (χ4n) is 1.23. The smallest absolute Gasteiger partial charge is 0.274 e. The zero-order chi connectivity index (χ0) is 9.26. The van der Waals surface area contributed by atoms with Crippen LogP contribution in [0.5, 0.6) is 0 Å². The van der Waals surface area contributed by atoms with E-state index in [1.165, 1.54) is 4.68 Å². The van der Waals surface area contributed by atoms with Gasteiger partial charge in [-0.15, -0.1) is 0 Å². The number of hydrogen-bond donors (Lipinski definition) is 1. The number of hydrogen-bond acceptors (Lipinski definition) is 1. The van der Waals surface area contributed by atoms with Crippen LogP contribution in [0, 0.1) is 6.92 Å². The van der Waals surface area contributed by atoms with Crippen molar-refractivity contribution in [2.24, 2.45) is 0 Å². The molecule has 0 aliphatic rings. The predicted octanol–water partition coefficient (Wildman–Crippen LogP) is 1.47. The van der Waals surface area contributed by atoms with E-state index in [9.17, 15) is 4.79 Å². The third-order valence-electron chi connectivity index (χ3n) is 1.96. The summed E-state index contributed by atoms with van der Waals surface area (Å²) in [6, 6.07) is 9.49. The average Bonchev–Trinajstić information content (AvgIpc) is 2.49. The Balaban J connectivity index is 2.60. The molecule has 1 aromatic carbocycles. The van der Waals surface area contributed by atoms with Gasteiger partial charge in [0.15, 0.2) is 0 Å². The molecule has 1 aromatic heterocycles. The van der Waals surface area contributed by atoms with Crippen LogP contribution in [0.25, 0.3) is 5.69 Å². The summed E-state index contributed by atoms with van der Waals surface area (Å²) in [6.45, 7) is 1.79. The van der Waals surface area contributed by atoms with E-state index in [-0.39, 0.29) is 5.56 Å². The molecule has 1 heterocycles.